The fourth-order valence-corrected chi connectivity index (χ4v) is 2.04. The first kappa shape index (κ1) is 23.4. The molecule has 0 aromatic heterocycles. The summed E-state index contributed by atoms with van der Waals surface area (Å²) in [5.74, 6) is -0.772. The molecule has 2 rings (SSSR count). The van der Waals surface area contributed by atoms with E-state index in [9.17, 15) is 36.2 Å². The number of carbonyl (C=O) groups excluding carboxylic acids is 1. The maximum Gasteiger partial charge on any atom is 0.416 e. The second-order valence-corrected chi connectivity index (χ2v) is 5.76. The van der Waals surface area contributed by atoms with E-state index in [4.69, 9.17) is 5.73 Å². The Hall–Kier alpha value is -3.90. The van der Waals surface area contributed by atoms with E-state index in [1.807, 2.05) is 0 Å². The van der Waals surface area contributed by atoms with E-state index < -0.39 is 35.5 Å². The standard InChI is InChI=1S/C18H13F6N5O2/c19-17(20,21)13-5-1-11(2-6-13)9-26-28-15(25)29(16(30)31)27-10-12-3-7-14(8-4-12)18(22,23)24/h1-10H,(H2,25,28)(H,30,31)/p-1. The predicted molar refractivity (Wildman–Crippen MR) is 96.9 cm³/mol. The molecule has 164 valence electrons. The summed E-state index contributed by atoms with van der Waals surface area (Å²) < 4.78 is 75.1. The van der Waals surface area contributed by atoms with Crippen LogP contribution in [0.25, 0.3) is 0 Å². The predicted octanol–water partition coefficient (Wildman–Crippen LogP) is 3.05. The van der Waals surface area contributed by atoms with Crippen molar-refractivity contribution >= 4 is 24.5 Å². The highest BCUT2D eigenvalue weighted by molar-refractivity contribution is 5.93. The van der Waals surface area contributed by atoms with Gasteiger partial charge in [0, 0.05) is 0 Å². The van der Waals surface area contributed by atoms with Gasteiger partial charge in [0.1, 0.15) is 0 Å². The zero-order valence-corrected chi connectivity index (χ0v) is 15.2. The molecule has 0 atom stereocenters. The van der Waals surface area contributed by atoms with Crippen molar-refractivity contribution in [3.05, 3.63) is 70.8 Å². The largest absolute Gasteiger partial charge is 0.528 e. The van der Waals surface area contributed by atoms with Crippen LogP contribution in [-0.2, 0) is 12.4 Å². The molecule has 7 nitrogen and oxygen atoms in total. The number of nitrogens with two attached hydrogens (primary N) is 1. The molecule has 1 amide bonds. The zero-order valence-electron chi connectivity index (χ0n) is 15.2. The maximum atomic E-state index is 12.5. The van der Waals surface area contributed by atoms with E-state index in [1.165, 1.54) is 0 Å². The van der Waals surface area contributed by atoms with Gasteiger partial charge in [-0.15, -0.1) is 5.10 Å². The highest BCUT2D eigenvalue weighted by Crippen LogP contribution is 2.29. The smallest absolute Gasteiger partial charge is 0.416 e. The van der Waals surface area contributed by atoms with Gasteiger partial charge in [-0.25, -0.2) is 0 Å². The lowest BCUT2D eigenvalue weighted by atomic mass is 10.1. The molecular weight excluding hydrogens is 432 g/mol. The summed E-state index contributed by atoms with van der Waals surface area (Å²) in [6, 6.07) is 7.50. The minimum atomic E-state index is -4.53. The van der Waals surface area contributed by atoms with Crippen LogP contribution in [0.1, 0.15) is 22.3 Å². The molecule has 0 aliphatic carbocycles. The molecule has 0 spiro atoms. The Morgan fingerprint density at radius 1 is 0.839 bits per heavy atom. The maximum absolute atomic E-state index is 12.5. The SMILES string of the molecule is NC(=NN=Cc1ccc(C(F)(F)F)cc1)N(N=Cc1ccc(C(F)(F)F)cc1)C(=O)[O-]. The molecule has 0 saturated carbocycles. The van der Waals surface area contributed by atoms with Crippen molar-refractivity contribution in [1.29, 1.82) is 0 Å². The average Bonchev–Trinajstić information content (AvgIpc) is 2.67. The second-order valence-electron chi connectivity index (χ2n) is 5.76. The van der Waals surface area contributed by atoms with Crippen LogP contribution in [0, 0.1) is 0 Å². The molecule has 2 N–H and O–H groups in total. The molecule has 0 fully saturated rings. The van der Waals surface area contributed by atoms with Crippen LogP contribution in [-0.4, -0.2) is 29.5 Å². The van der Waals surface area contributed by atoms with Crippen LogP contribution >= 0.6 is 0 Å². The molecule has 0 heterocycles. The minimum absolute atomic E-state index is 0.0990. The van der Waals surface area contributed by atoms with Gasteiger partial charge in [0.25, 0.3) is 0 Å². The van der Waals surface area contributed by atoms with E-state index in [-0.39, 0.29) is 16.1 Å². The highest BCUT2D eigenvalue weighted by atomic mass is 19.4. The Labute approximate surface area is 170 Å². The molecule has 0 saturated heterocycles. The lowest BCUT2D eigenvalue weighted by molar-refractivity contribution is -0.260. The van der Waals surface area contributed by atoms with Gasteiger partial charge in [0.15, 0.2) is 6.09 Å². The Kier molecular flexibility index (Phi) is 7.00. The topological polar surface area (TPSA) is 106 Å². The number of nitrogens with zero attached hydrogens (tertiary/aromatic N) is 4. The summed E-state index contributed by atoms with van der Waals surface area (Å²) >= 11 is 0. The van der Waals surface area contributed by atoms with E-state index in [0.29, 0.717) is 0 Å². The molecule has 2 aromatic rings. The minimum Gasteiger partial charge on any atom is -0.528 e. The van der Waals surface area contributed by atoms with E-state index in [0.717, 1.165) is 61.0 Å². The van der Waals surface area contributed by atoms with Gasteiger partial charge in [-0.05, 0) is 35.4 Å². The van der Waals surface area contributed by atoms with Crippen LogP contribution in [0.4, 0.5) is 31.1 Å². The van der Waals surface area contributed by atoms with Crippen LogP contribution in [0.5, 0.6) is 0 Å². The van der Waals surface area contributed by atoms with E-state index >= 15 is 0 Å². The summed E-state index contributed by atoms with van der Waals surface area (Å²) in [6.45, 7) is 0. The number of amides is 1. The molecule has 0 aliphatic rings. The summed E-state index contributed by atoms with van der Waals surface area (Å²) in [5.41, 5.74) is 4.02. The van der Waals surface area contributed by atoms with Gasteiger partial charge >= 0.3 is 12.4 Å². The number of benzene rings is 2. The van der Waals surface area contributed by atoms with Gasteiger partial charge in [-0.3, -0.25) is 0 Å². The third kappa shape index (κ3) is 6.83. The number of guanidine groups is 1. The van der Waals surface area contributed by atoms with Crippen LogP contribution < -0.4 is 10.8 Å². The molecule has 0 radical (unpaired) electrons. The monoisotopic (exact) mass is 444 g/mol. The van der Waals surface area contributed by atoms with Crippen molar-refractivity contribution in [2.75, 3.05) is 0 Å². The normalized spacial score (nSPS) is 13.2. The first-order chi connectivity index (χ1) is 14.4. The van der Waals surface area contributed by atoms with Gasteiger partial charge in [-0.1, -0.05) is 24.3 Å². The van der Waals surface area contributed by atoms with Crippen molar-refractivity contribution in [2.24, 2.45) is 21.0 Å². The van der Waals surface area contributed by atoms with Crippen molar-refractivity contribution < 1.29 is 36.2 Å². The summed E-state index contributed by atoms with van der Waals surface area (Å²) in [6.07, 6.45) is -9.03. The number of hydrazone groups is 1. The second kappa shape index (κ2) is 9.28. The lowest BCUT2D eigenvalue weighted by Crippen LogP contribution is -2.45. The molecular formula is C18H12F6N5O2-. The van der Waals surface area contributed by atoms with Crippen LogP contribution in [0.15, 0.2) is 63.8 Å². The Morgan fingerprint density at radius 3 is 1.65 bits per heavy atom. The third-order valence-corrected chi connectivity index (χ3v) is 3.56. The third-order valence-electron chi connectivity index (χ3n) is 3.56. The van der Waals surface area contributed by atoms with Crippen molar-refractivity contribution in [3.63, 3.8) is 0 Å². The number of hydrogen-bond donors (Lipinski definition) is 1. The fraction of sp³-hybridized carbons (Fsp3) is 0.111. The molecule has 31 heavy (non-hydrogen) atoms. The number of rotatable bonds is 4. The lowest BCUT2D eigenvalue weighted by Gasteiger charge is -2.16. The van der Waals surface area contributed by atoms with Crippen LogP contribution in [0.2, 0.25) is 0 Å². The molecule has 0 bridgehead atoms. The number of hydrogen-bond acceptors (Lipinski definition) is 5. The number of carboxylic acid groups (broad SMARTS) is 1. The van der Waals surface area contributed by atoms with Gasteiger partial charge in [0.05, 0.1) is 23.6 Å². The van der Waals surface area contributed by atoms with Crippen molar-refractivity contribution in [2.45, 2.75) is 12.4 Å². The van der Waals surface area contributed by atoms with E-state index in [2.05, 4.69) is 15.3 Å². The number of alkyl halides is 6. The quantitative estimate of drug-likeness (QED) is 0.339. The molecule has 0 aliphatic heterocycles. The van der Waals surface area contributed by atoms with Crippen LogP contribution in [0.3, 0.4) is 0 Å². The molecule has 13 heteroatoms. The number of halogens is 6. The Balaban J connectivity index is 2.11. The molecule has 0 unspecified atom stereocenters. The summed E-state index contributed by atoms with van der Waals surface area (Å²) in [5, 5.41) is 21.5. The fourth-order valence-electron chi connectivity index (χ4n) is 2.04. The van der Waals surface area contributed by atoms with Crippen molar-refractivity contribution in [1.82, 2.24) is 5.01 Å². The highest BCUT2D eigenvalue weighted by Gasteiger charge is 2.30. The Bertz CT molecular complexity index is 996. The van der Waals surface area contributed by atoms with E-state index in [1.54, 1.807) is 0 Å². The van der Waals surface area contributed by atoms with Gasteiger partial charge in [0.2, 0.25) is 5.96 Å². The first-order valence-corrected chi connectivity index (χ1v) is 8.14. The van der Waals surface area contributed by atoms with Gasteiger partial charge < -0.3 is 15.6 Å². The zero-order chi connectivity index (χ0) is 23.2. The number of carbonyl (C=O) groups is 1. The molecule has 2 aromatic carbocycles. The Morgan fingerprint density at radius 2 is 1.26 bits per heavy atom. The average molecular weight is 444 g/mol. The first-order valence-electron chi connectivity index (χ1n) is 8.14. The summed E-state index contributed by atoms with van der Waals surface area (Å²) in [4.78, 5) is 11.1. The summed E-state index contributed by atoms with van der Waals surface area (Å²) in [7, 11) is 0. The van der Waals surface area contributed by atoms with Gasteiger partial charge in [-0.2, -0.15) is 41.6 Å². The van der Waals surface area contributed by atoms with Crippen molar-refractivity contribution in [3.8, 4) is 0 Å².